The number of amides is 1. The second-order valence-electron chi connectivity index (χ2n) is 17.0. The Morgan fingerprint density at radius 3 is 2.58 bits per heavy atom. The van der Waals surface area contributed by atoms with Crippen LogP contribution in [-0.2, 0) is 14.8 Å². The number of rotatable bonds is 13. The summed E-state index contributed by atoms with van der Waals surface area (Å²) in [5, 5.41) is 13.5. The molecular weight excluding hydrogens is 856 g/mol. The summed E-state index contributed by atoms with van der Waals surface area (Å²) < 4.78 is 47.9. The summed E-state index contributed by atoms with van der Waals surface area (Å²) in [7, 11) is -4.66. The molecule has 3 aliphatic rings. The van der Waals surface area contributed by atoms with Crippen molar-refractivity contribution in [1.29, 1.82) is 0 Å². The molecule has 8 rings (SSSR count). The number of halogens is 2. The highest BCUT2D eigenvalue weighted by molar-refractivity contribution is 7.90. The SMILES string of the molecule is Cc1c(Cl)c(C(=O)NS(=O)(=O)c2ccc(N3CCN(CC4=C(c5ccc(Cl)cc5)CC(C)(C)CC4)CC3)cc2Oc2cnc3[nH]ccc3c2)cc([N+](=O)[O-])c1OCC1CCOC1. The maximum Gasteiger partial charge on any atom is 0.312 e. The van der Waals surface area contributed by atoms with E-state index in [2.05, 4.69) is 50.5 Å². The number of hydrogen-bond acceptors (Lipinski definition) is 11. The van der Waals surface area contributed by atoms with Gasteiger partial charge in [0.25, 0.3) is 15.9 Å². The van der Waals surface area contributed by atoms with E-state index in [0.717, 1.165) is 67.5 Å². The predicted molar refractivity (Wildman–Crippen MR) is 239 cm³/mol. The van der Waals surface area contributed by atoms with Crippen molar-refractivity contribution in [3.8, 4) is 17.2 Å². The summed E-state index contributed by atoms with van der Waals surface area (Å²) in [6.07, 6.45) is 7.10. The molecule has 5 aromatic rings. The highest BCUT2D eigenvalue weighted by Crippen LogP contribution is 2.44. The monoisotopic (exact) mass is 902 g/mol. The Balaban J connectivity index is 1.04. The van der Waals surface area contributed by atoms with Gasteiger partial charge < -0.3 is 24.1 Å². The fourth-order valence-corrected chi connectivity index (χ4v) is 9.81. The molecule has 14 nitrogen and oxygen atoms in total. The first-order valence-electron chi connectivity index (χ1n) is 20.6. The summed E-state index contributed by atoms with van der Waals surface area (Å²) in [6, 6.07) is 17.3. The third kappa shape index (κ3) is 9.57. The van der Waals surface area contributed by atoms with Crippen LogP contribution in [0.1, 0.15) is 61.0 Å². The molecule has 0 spiro atoms. The number of ether oxygens (including phenoxy) is 3. The number of aromatic nitrogens is 2. The third-order valence-electron chi connectivity index (χ3n) is 11.9. The van der Waals surface area contributed by atoms with E-state index in [0.29, 0.717) is 32.0 Å². The van der Waals surface area contributed by atoms with E-state index in [4.69, 9.17) is 37.4 Å². The van der Waals surface area contributed by atoms with Crippen LogP contribution in [0.4, 0.5) is 11.4 Å². The lowest BCUT2D eigenvalue weighted by Gasteiger charge is -2.39. The average Bonchev–Trinajstić information content (AvgIpc) is 3.95. The number of pyridine rings is 1. The Bertz CT molecular complexity index is 2650. The van der Waals surface area contributed by atoms with Gasteiger partial charge in [-0.3, -0.25) is 19.8 Å². The number of nitrogens with one attached hydrogen (secondary N) is 2. The van der Waals surface area contributed by atoms with Gasteiger partial charge in [0.2, 0.25) is 5.75 Å². The van der Waals surface area contributed by atoms with Crippen LogP contribution in [0.2, 0.25) is 10.0 Å². The summed E-state index contributed by atoms with van der Waals surface area (Å²) in [6.45, 7) is 11.1. The average molecular weight is 904 g/mol. The lowest BCUT2D eigenvalue weighted by atomic mass is 9.72. The van der Waals surface area contributed by atoms with E-state index >= 15 is 0 Å². The van der Waals surface area contributed by atoms with Gasteiger partial charge in [-0.15, -0.1) is 0 Å². The molecular formula is C45H48Cl2N6O8S. The smallest absolute Gasteiger partial charge is 0.312 e. The lowest BCUT2D eigenvalue weighted by Crippen LogP contribution is -2.47. The van der Waals surface area contributed by atoms with Gasteiger partial charge >= 0.3 is 5.69 Å². The van der Waals surface area contributed by atoms with Gasteiger partial charge in [0.15, 0.2) is 0 Å². The number of carbonyl (C=O) groups is 1. The van der Waals surface area contributed by atoms with E-state index in [9.17, 15) is 23.3 Å². The number of anilines is 1. The molecule has 0 saturated carbocycles. The second kappa shape index (κ2) is 17.9. The molecule has 326 valence electrons. The van der Waals surface area contributed by atoms with Gasteiger partial charge in [-0.2, -0.15) is 0 Å². The predicted octanol–water partition coefficient (Wildman–Crippen LogP) is 9.20. The summed E-state index contributed by atoms with van der Waals surface area (Å²) in [4.78, 5) is 37.0. The van der Waals surface area contributed by atoms with E-state index in [1.165, 1.54) is 35.9 Å². The third-order valence-corrected chi connectivity index (χ3v) is 14.0. The normalized spacial score (nSPS) is 18.3. The van der Waals surface area contributed by atoms with Crippen LogP contribution in [0.5, 0.6) is 17.2 Å². The zero-order valence-corrected chi connectivity index (χ0v) is 37.0. The Hall–Kier alpha value is -5.19. The molecule has 0 radical (unpaired) electrons. The molecule has 2 N–H and O–H groups in total. The number of fused-ring (bicyclic) bond motifs is 1. The van der Waals surface area contributed by atoms with Crippen molar-refractivity contribution in [3.05, 3.63) is 115 Å². The fraction of sp³-hybridized carbons (Fsp3) is 0.378. The number of hydrogen-bond donors (Lipinski definition) is 2. The number of aromatic amines is 1. The highest BCUT2D eigenvalue weighted by Gasteiger charge is 2.32. The Labute approximate surface area is 370 Å². The first-order valence-corrected chi connectivity index (χ1v) is 22.8. The number of carbonyl (C=O) groups excluding carboxylic acids is 1. The summed E-state index contributed by atoms with van der Waals surface area (Å²) in [5.74, 6) is -0.978. The highest BCUT2D eigenvalue weighted by atomic mass is 35.5. The standard InChI is InChI=1S/C45H48Cl2N6O8S/c1-28-41(47)36(22-38(53(55)56)42(28)60-27-29-12-19-59-26-29)44(54)50-62(57,58)40-9-8-34(21-39(40)61-35-20-31-11-14-48-43(31)49-24-35)52-17-15-51(16-18-52)25-32-10-13-45(2,3)23-37(32)30-4-6-33(46)7-5-30/h4-9,11,14,20-22,24,29H,10,12-13,15-19,23,25-27H2,1-3H3,(H,48,49)(H,50,54). The molecule has 0 bridgehead atoms. The van der Waals surface area contributed by atoms with E-state index < -0.39 is 32.1 Å². The van der Waals surface area contributed by atoms with E-state index in [1.807, 2.05) is 18.2 Å². The summed E-state index contributed by atoms with van der Waals surface area (Å²) >= 11 is 12.8. The van der Waals surface area contributed by atoms with Crippen LogP contribution in [0.25, 0.3) is 16.6 Å². The number of piperazine rings is 1. The minimum absolute atomic E-state index is 0.0426. The number of nitro benzene ring substituents is 1. The number of benzene rings is 3. The van der Waals surface area contributed by atoms with E-state index in [-0.39, 0.29) is 50.7 Å². The molecule has 2 aromatic heterocycles. The fourth-order valence-electron chi connectivity index (χ4n) is 8.39. The number of allylic oxidation sites excluding steroid dienone is 1. The number of H-pyrrole nitrogens is 1. The van der Waals surface area contributed by atoms with Crippen molar-refractivity contribution >= 4 is 67.1 Å². The first-order chi connectivity index (χ1) is 29.6. The molecule has 2 fully saturated rings. The minimum Gasteiger partial charge on any atom is -0.486 e. The zero-order chi connectivity index (χ0) is 43.8. The van der Waals surface area contributed by atoms with Gasteiger partial charge in [-0.25, -0.2) is 18.1 Å². The van der Waals surface area contributed by atoms with Gasteiger partial charge in [0.1, 0.15) is 22.0 Å². The number of nitrogens with zero attached hydrogens (tertiary/aromatic N) is 4. The van der Waals surface area contributed by atoms with Crippen molar-refractivity contribution in [2.24, 2.45) is 11.3 Å². The summed E-state index contributed by atoms with van der Waals surface area (Å²) in [5.41, 5.74) is 4.84. The van der Waals surface area contributed by atoms with Crippen LogP contribution < -0.4 is 19.1 Å². The molecule has 1 amide bonds. The largest absolute Gasteiger partial charge is 0.486 e. The van der Waals surface area contributed by atoms with E-state index in [1.54, 1.807) is 24.4 Å². The minimum atomic E-state index is -4.66. The zero-order valence-electron chi connectivity index (χ0n) is 34.7. The molecule has 1 atom stereocenters. The van der Waals surface area contributed by atoms with Gasteiger partial charge in [-0.1, -0.05) is 54.8 Å². The maximum atomic E-state index is 14.2. The topological polar surface area (TPSA) is 169 Å². The van der Waals surface area contributed by atoms with Crippen LogP contribution in [0, 0.1) is 28.4 Å². The second-order valence-corrected chi connectivity index (χ2v) is 19.4. The van der Waals surface area contributed by atoms with Crippen LogP contribution >= 0.6 is 23.2 Å². The molecule has 1 unspecified atom stereocenters. The van der Waals surface area contributed by atoms with Gasteiger partial charge in [0, 0.05) is 85.2 Å². The molecule has 2 saturated heterocycles. The quantitative estimate of drug-likeness (QED) is 0.0854. The van der Waals surface area contributed by atoms with Crippen molar-refractivity contribution in [1.82, 2.24) is 19.6 Å². The Morgan fingerprint density at radius 2 is 1.85 bits per heavy atom. The van der Waals surface area contributed by atoms with Gasteiger partial charge in [0.05, 0.1) is 34.9 Å². The molecule has 2 aliphatic heterocycles. The Kier molecular flexibility index (Phi) is 12.5. The van der Waals surface area contributed by atoms with Crippen LogP contribution in [-0.4, -0.2) is 86.7 Å². The van der Waals surface area contributed by atoms with Crippen molar-refractivity contribution in [2.75, 3.05) is 57.4 Å². The van der Waals surface area contributed by atoms with Gasteiger partial charge in [-0.05, 0) is 85.6 Å². The van der Waals surface area contributed by atoms with Crippen LogP contribution in [0.15, 0.2) is 83.5 Å². The first kappa shape index (κ1) is 43.5. The molecule has 17 heteroatoms. The number of nitro groups is 1. The van der Waals surface area contributed by atoms with Crippen molar-refractivity contribution in [3.63, 3.8) is 0 Å². The maximum absolute atomic E-state index is 14.2. The molecule has 3 aromatic carbocycles. The molecule has 4 heterocycles. The van der Waals surface area contributed by atoms with Crippen molar-refractivity contribution < 1.29 is 32.3 Å². The Morgan fingerprint density at radius 1 is 1.08 bits per heavy atom. The molecule has 1 aliphatic carbocycles. The molecule has 62 heavy (non-hydrogen) atoms. The van der Waals surface area contributed by atoms with Crippen LogP contribution in [0.3, 0.4) is 0 Å². The lowest BCUT2D eigenvalue weighted by molar-refractivity contribution is -0.386. The van der Waals surface area contributed by atoms with Crippen molar-refractivity contribution in [2.45, 2.75) is 51.3 Å². The number of sulfonamides is 1.